The van der Waals surface area contributed by atoms with Crippen LogP contribution in [0.1, 0.15) is 27.2 Å². The molecule has 1 amide bonds. The van der Waals surface area contributed by atoms with E-state index in [1.807, 2.05) is 18.2 Å². The Kier molecular flexibility index (Phi) is 7.01. The third-order valence-corrected chi connectivity index (χ3v) is 5.37. The summed E-state index contributed by atoms with van der Waals surface area (Å²) in [4.78, 5) is 31.2. The predicted molar refractivity (Wildman–Crippen MR) is 103 cm³/mol. The first-order valence-corrected chi connectivity index (χ1v) is 9.53. The van der Waals surface area contributed by atoms with Crippen molar-refractivity contribution in [2.75, 3.05) is 19.6 Å². The van der Waals surface area contributed by atoms with Gasteiger partial charge in [-0.3, -0.25) is 14.2 Å². The molecule has 0 fully saturated rings. The Hall–Kier alpha value is -1.86. The smallest absolute Gasteiger partial charge is 0.262 e. The second-order valence-corrected chi connectivity index (χ2v) is 7.22. The van der Waals surface area contributed by atoms with E-state index in [4.69, 9.17) is 5.73 Å². The minimum atomic E-state index is -0.443. The summed E-state index contributed by atoms with van der Waals surface area (Å²) in [5.41, 5.74) is 5.96. The second-order valence-electron chi connectivity index (χ2n) is 5.91. The molecule has 0 aliphatic rings. The molecule has 0 aliphatic carbocycles. The van der Waals surface area contributed by atoms with Crippen molar-refractivity contribution in [1.82, 2.24) is 14.5 Å². The molecule has 1 aromatic carbocycles. The quantitative estimate of drug-likeness (QED) is 0.546. The Balaban J connectivity index is 2.35. The van der Waals surface area contributed by atoms with Crippen molar-refractivity contribution in [3.63, 3.8) is 0 Å². The second kappa shape index (κ2) is 9.01. The molecular weight excluding hydrogens is 336 g/mol. The van der Waals surface area contributed by atoms with Gasteiger partial charge in [-0.05, 0) is 45.1 Å². The van der Waals surface area contributed by atoms with Gasteiger partial charge in [0, 0.05) is 6.54 Å². The average molecular weight is 362 g/mol. The fourth-order valence-corrected chi connectivity index (χ4v) is 3.53. The summed E-state index contributed by atoms with van der Waals surface area (Å²) in [6, 6.07) is 7.30. The number of nitrogens with zero attached hydrogens (tertiary/aromatic N) is 3. The van der Waals surface area contributed by atoms with Crippen LogP contribution in [-0.4, -0.2) is 45.2 Å². The van der Waals surface area contributed by atoms with Crippen molar-refractivity contribution in [2.24, 2.45) is 5.73 Å². The molecule has 0 unspecified atom stereocenters. The van der Waals surface area contributed by atoms with Gasteiger partial charge in [0.15, 0.2) is 5.16 Å². The molecule has 0 saturated heterocycles. The van der Waals surface area contributed by atoms with E-state index >= 15 is 0 Å². The molecule has 2 rings (SSSR count). The SMILES string of the molecule is CCN(CC)CCCn1c(S[C@@H](C)C(N)=O)nc2ccccc2c1=O. The number of thioether (sulfide) groups is 1. The lowest BCUT2D eigenvalue weighted by atomic mass is 10.2. The zero-order chi connectivity index (χ0) is 18.4. The van der Waals surface area contributed by atoms with Crippen molar-refractivity contribution < 1.29 is 4.79 Å². The Morgan fingerprint density at radius 1 is 1.32 bits per heavy atom. The molecule has 0 saturated carbocycles. The first-order chi connectivity index (χ1) is 12.0. The lowest BCUT2D eigenvalue weighted by Gasteiger charge is -2.19. The summed E-state index contributed by atoms with van der Waals surface area (Å²) in [6.07, 6.45) is 0.847. The largest absolute Gasteiger partial charge is 0.369 e. The van der Waals surface area contributed by atoms with E-state index in [1.54, 1.807) is 17.6 Å². The molecule has 136 valence electrons. The molecule has 25 heavy (non-hydrogen) atoms. The molecule has 0 aliphatic heterocycles. The number of primary amides is 1. The summed E-state index contributed by atoms with van der Waals surface area (Å²) in [5, 5.41) is 0.707. The number of amides is 1. The highest BCUT2D eigenvalue weighted by molar-refractivity contribution is 8.00. The van der Waals surface area contributed by atoms with Crippen LogP contribution in [-0.2, 0) is 11.3 Å². The topological polar surface area (TPSA) is 81.2 Å². The molecule has 7 heteroatoms. The van der Waals surface area contributed by atoms with Crippen LogP contribution in [0.3, 0.4) is 0 Å². The van der Waals surface area contributed by atoms with Crippen LogP contribution >= 0.6 is 11.8 Å². The summed E-state index contributed by atoms with van der Waals surface area (Å²) in [7, 11) is 0. The molecule has 0 bridgehead atoms. The summed E-state index contributed by atoms with van der Waals surface area (Å²) >= 11 is 1.24. The molecule has 2 N–H and O–H groups in total. The first-order valence-electron chi connectivity index (χ1n) is 8.65. The highest BCUT2D eigenvalue weighted by atomic mass is 32.2. The molecule has 1 heterocycles. The van der Waals surface area contributed by atoms with E-state index in [1.165, 1.54) is 11.8 Å². The van der Waals surface area contributed by atoms with Gasteiger partial charge in [0.1, 0.15) is 0 Å². The van der Waals surface area contributed by atoms with Gasteiger partial charge >= 0.3 is 0 Å². The van der Waals surface area contributed by atoms with Gasteiger partial charge in [-0.2, -0.15) is 0 Å². The number of benzene rings is 1. The third kappa shape index (κ3) is 4.83. The van der Waals surface area contributed by atoms with Gasteiger partial charge in [-0.15, -0.1) is 0 Å². The monoisotopic (exact) mass is 362 g/mol. The zero-order valence-electron chi connectivity index (χ0n) is 15.1. The maximum atomic E-state index is 12.9. The Bertz CT molecular complexity index is 786. The number of nitrogens with two attached hydrogens (primary N) is 1. The molecule has 6 nitrogen and oxygen atoms in total. The summed E-state index contributed by atoms with van der Waals surface area (Å²) < 4.78 is 1.68. The normalized spacial score (nSPS) is 12.6. The zero-order valence-corrected chi connectivity index (χ0v) is 15.9. The van der Waals surface area contributed by atoms with Crippen molar-refractivity contribution in [3.05, 3.63) is 34.6 Å². The number of carbonyl (C=O) groups excluding carboxylic acids is 1. The van der Waals surface area contributed by atoms with Gasteiger partial charge in [0.2, 0.25) is 5.91 Å². The van der Waals surface area contributed by atoms with E-state index in [0.717, 1.165) is 26.1 Å². The van der Waals surface area contributed by atoms with Crippen LogP contribution in [0.5, 0.6) is 0 Å². The van der Waals surface area contributed by atoms with E-state index < -0.39 is 11.2 Å². The van der Waals surface area contributed by atoms with Gasteiger partial charge in [0.25, 0.3) is 5.56 Å². The van der Waals surface area contributed by atoms with Crippen molar-refractivity contribution in [1.29, 1.82) is 0 Å². The molecular formula is C18H26N4O2S. The fourth-order valence-electron chi connectivity index (χ4n) is 2.64. The van der Waals surface area contributed by atoms with Crippen LogP contribution < -0.4 is 11.3 Å². The lowest BCUT2D eigenvalue weighted by Crippen LogP contribution is -2.29. The number of carbonyl (C=O) groups is 1. The number of para-hydroxylation sites is 1. The van der Waals surface area contributed by atoms with E-state index in [0.29, 0.717) is 22.6 Å². The molecule has 0 radical (unpaired) electrons. The number of rotatable bonds is 9. The lowest BCUT2D eigenvalue weighted by molar-refractivity contribution is -0.117. The van der Waals surface area contributed by atoms with Crippen LogP contribution in [0, 0.1) is 0 Å². The maximum absolute atomic E-state index is 12.9. The van der Waals surface area contributed by atoms with Crippen molar-refractivity contribution in [2.45, 2.75) is 44.1 Å². The van der Waals surface area contributed by atoms with E-state index in [2.05, 4.69) is 23.7 Å². The van der Waals surface area contributed by atoms with Gasteiger partial charge in [-0.25, -0.2) is 4.98 Å². The van der Waals surface area contributed by atoms with Crippen LogP contribution in [0.15, 0.2) is 34.2 Å². The highest BCUT2D eigenvalue weighted by Gasteiger charge is 2.17. The first kappa shape index (κ1) is 19.5. The molecule has 0 spiro atoms. The minimum absolute atomic E-state index is 0.0654. The van der Waals surface area contributed by atoms with Gasteiger partial charge in [0.05, 0.1) is 16.2 Å². The van der Waals surface area contributed by atoms with E-state index in [9.17, 15) is 9.59 Å². The van der Waals surface area contributed by atoms with Gasteiger partial charge in [-0.1, -0.05) is 37.7 Å². The van der Waals surface area contributed by atoms with Crippen molar-refractivity contribution in [3.8, 4) is 0 Å². The predicted octanol–water partition coefficient (Wildman–Crippen LogP) is 2.09. The Labute approximate surface area is 152 Å². The van der Waals surface area contributed by atoms with Crippen LogP contribution in [0.2, 0.25) is 0 Å². The Morgan fingerprint density at radius 2 is 2.00 bits per heavy atom. The van der Waals surface area contributed by atoms with Crippen LogP contribution in [0.4, 0.5) is 0 Å². The number of aromatic nitrogens is 2. The minimum Gasteiger partial charge on any atom is -0.369 e. The Morgan fingerprint density at radius 3 is 2.64 bits per heavy atom. The van der Waals surface area contributed by atoms with Crippen LogP contribution in [0.25, 0.3) is 10.9 Å². The third-order valence-electron chi connectivity index (χ3n) is 4.26. The number of hydrogen-bond acceptors (Lipinski definition) is 5. The summed E-state index contributed by atoms with van der Waals surface area (Å²) in [5.74, 6) is -0.415. The van der Waals surface area contributed by atoms with E-state index in [-0.39, 0.29) is 5.56 Å². The van der Waals surface area contributed by atoms with Crippen molar-refractivity contribution >= 4 is 28.6 Å². The molecule has 2 aromatic rings. The fraction of sp³-hybridized carbons (Fsp3) is 0.500. The maximum Gasteiger partial charge on any atom is 0.262 e. The standard InChI is InChI=1S/C18H26N4O2S/c1-4-21(5-2)11-8-12-22-17(24)14-9-6-7-10-15(14)20-18(22)25-13(3)16(19)23/h6-7,9-10,13H,4-5,8,11-12H2,1-3H3,(H2,19,23)/t13-/m0/s1. The average Bonchev–Trinajstić information content (AvgIpc) is 2.61. The highest BCUT2D eigenvalue weighted by Crippen LogP contribution is 2.22. The summed E-state index contributed by atoms with van der Waals surface area (Å²) in [6.45, 7) is 9.45. The number of hydrogen-bond donors (Lipinski definition) is 1. The molecule has 1 atom stereocenters. The number of fused-ring (bicyclic) bond motifs is 1. The molecule has 1 aromatic heterocycles. The van der Waals surface area contributed by atoms with Gasteiger partial charge < -0.3 is 10.6 Å².